The van der Waals surface area contributed by atoms with E-state index in [0.29, 0.717) is 6.04 Å². The van der Waals surface area contributed by atoms with Crippen LogP contribution in [-0.4, -0.2) is 43.4 Å². The lowest BCUT2D eigenvalue weighted by Gasteiger charge is -2.27. The largest absolute Gasteiger partial charge is 0.379 e. The number of carbonyl (C=O) groups is 1. The summed E-state index contributed by atoms with van der Waals surface area (Å²) < 4.78 is 11.0. The first-order valence-electron chi connectivity index (χ1n) is 7.37. The maximum atomic E-state index is 11.6. The quantitative estimate of drug-likeness (QED) is 0.612. The molecular weight excluding hydrogens is 244 g/mol. The Morgan fingerprint density at radius 1 is 1.42 bits per heavy atom. The van der Waals surface area contributed by atoms with Crippen LogP contribution in [0, 0.1) is 0 Å². The molecule has 110 valence electrons. The lowest BCUT2D eigenvalue weighted by atomic mass is 9.94. The summed E-state index contributed by atoms with van der Waals surface area (Å²) in [5.41, 5.74) is 4.95. The highest BCUT2D eigenvalue weighted by Crippen LogP contribution is 2.25. The second-order valence-electron chi connectivity index (χ2n) is 5.93. The normalized spacial score (nSPS) is 26.3. The van der Waals surface area contributed by atoms with Crippen LogP contribution in [0.5, 0.6) is 0 Å². The van der Waals surface area contributed by atoms with Gasteiger partial charge in [-0.05, 0) is 45.4 Å². The van der Waals surface area contributed by atoms with Crippen LogP contribution in [0.2, 0.25) is 0 Å². The molecule has 0 spiro atoms. The van der Waals surface area contributed by atoms with Crippen LogP contribution >= 0.6 is 0 Å². The van der Waals surface area contributed by atoms with Crippen molar-refractivity contribution in [2.75, 3.05) is 19.8 Å². The Kier molecular flexibility index (Phi) is 5.19. The fraction of sp³-hybridized carbons (Fsp3) is 0.929. The highest BCUT2D eigenvalue weighted by molar-refractivity contribution is 5.84. The highest BCUT2D eigenvalue weighted by atomic mass is 16.5. The molecule has 0 aromatic heterocycles. The van der Waals surface area contributed by atoms with E-state index in [4.69, 9.17) is 15.2 Å². The van der Waals surface area contributed by atoms with Gasteiger partial charge in [-0.25, -0.2) is 0 Å². The van der Waals surface area contributed by atoms with Gasteiger partial charge in [-0.2, -0.15) is 0 Å². The lowest BCUT2D eigenvalue weighted by Crippen LogP contribution is -2.53. The molecule has 2 unspecified atom stereocenters. The number of nitrogens with two attached hydrogens (primary N) is 1. The third-order valence-corrected chi connectivity index (χ3v) is 3.96. The zero-order valence-corrected chi connectivity index (χ0v) is 11.8. The topological polar surface area (TPSA) is 73.6 Å². The Bertz CT molecular complexity index is 301. The molecule has 0 aromatic rings. The summed E-state index contributed by atoms with van der Waals surface area (Å²) in [4.78, 5) is 11.6. The Labute approximate surface area is 115 Å². The molecule has 5 nitrogen and oxygen atoms in total. The van der Waals surface area contributed by atoms with E-state index in [0.717, 1.165) is 58.3 Å². The third kappa shape index (κ3) is 4.75. The van der Waals surface area contributed by atoms with E-state index < -0.39 is 5.54 Å². The average molecular weight is 270 g/mol. The second-order valence-corrected chi connectivity index (χ2v) is 5.93. The molecule has 5 heteroatoms. The Balaban J connectivity index is 1.60. The van der Waals surface area contributed by atoms with Gasteiger partial charge in [-0.1, -0.05) is 0 Å². The maximum absolute atomic E-state index is 11.6. The number of rotatable bonds is 9. The van der Waals surface area contributed by atoms with Gasteiger partial charge in [0.05, 0.1) is 18.2 Å². The van der Waals surface area contributed by atoms with E-state index in [9.17, 15) is 4.79 Å². The predicted molar refractivity (Wildman–Crippen MR) is 72.8 cm³/mol. The van der Waals surface area contributed by atoms with Crippen molar-refractivity contribution >= 4 is 5.91 Å². The third-order valence-electron chi connectivity index (χ3n) is 3.96. The van der Waals surface area contributed by atoms with E-state index in [2.05, 4.69) is 5.32 Å². The van der Waals surface area contributed by atoms with E-state index >= 15 is 0 Å². The van der Waals surface area contributed by atoms with E-state index in [-0.39, 0.29) is 12.0 Å². The minimum atomic E-state index is -0.558. The minimum absolute atomic E-state index is 0.246. The molecule has 0 bridgehead atoms. The number of primary amides is 1. The summed E-state index contributed by atoms with van der Waals surface area (Å²) in [5, 5.41) is 3.36. The molecule has 1 amide bonds. The summed E-state index contributed by atoms with van der Waals surface area (Å²) in [6.45, 7) is 4.20. The van der Waals surface area contributed by atoms with Crippen LogP contribution in [0.1, 0.15) is 45.4 Å². The SMILES string of the molecule is CC(CCCCOC1CCOC1)(NC1CC1)C(N)=O. The van der Waals surface area contributed by atoms with Gasteiger partial charge in [0.2, 0.25) is 5.91 Å². The smallest absolute Gasteiger partial charge is 0.237 e. The van der Waals surface area contributed by atoms with Gasteiger partial charge in [0.15, 0.2) is 0 Å². The lowest BCUT2D eigenvalue weighted by molar-refractivity contribution is -0.124. The van der Waals surface area contributed by atoms with Crippen LogP contribution in [-0.2, 0) is 14.3 Å². The van der Waals surface area contributed by atoms with Crippen molar-refractivity contribution < 1.29 is 14.3 Å². The van der Waals surface area contributed by atoms with Crippen LogP contribution in [0.15, 0.2) is 0 Å². The fourth-order valence-electron chi connectivity index (χ4n) is 2.42. The summed E-state index contributed by atoms with van der Waals surface area (Å²) in [6, 6.07) is 0.490. The zero-order chi connectivity index (χ0) is 13.7. The Morgan fingerprint density at radius 2 is 2.21 bits per heavy atom. The number of unbranched alkanes of at least 4 members (excludes halogenated alkanes) is 1. The molecule has 19 heavy (non-hydrogen) atoms. The molecule has 2 aliphatic rings. The first kappa shape index (κ1) is 14.8. The molecule has 1 aliphatic heterocycles. The fourth-order valence-corrected chi connectivity index (χ4v) is 2.42. The maximum Gasteiger partial charge on any atom is 0.237 e. The monoisotopic (exact) mass is 270 g/mol. The Morgan fingerprint density at radius 3 is 2.79 bits per heavy atom. The molecule has 2 rings (SSSR count). The van der Waals surface area contributed by atoms with Gasteiger partial charge in [0, 0.05) is 19.3 Å². The van der Waals surface area contributed by atoms with Gasteiger partial charge in [0.1, 0.15) is 0 Å². The Hall–Kier alpha value is -0.650. The molecule has 1 aliphatic carbocycles. The molecule has 3 N–H and O–H groups in total. The molecule has 2 atom stereocenters. The molecule has 0 radical (unpaired) electrons. The van der Waals surface area contributed by atoms with Crippen molar-refractivity contribution in [3.05, 3.63) is 0 Å². The number of hydrogen-bond donors (Lipinski definition) is 2. The van der Waals surface area contributed by atoms with Gasteiger partial charge >= 0.3 is 0 Å². The van der Waals surface area contributed by atoms with Crippen molar-refractivity contribution in [3.8, 4) is 0 Å². The van der Waals surface area contributed by atoms with Gasteiger partial charge in [0.25, 0.3) is 0 Å². The average Bonchev–Trinajstić information content (AvgIpc) is 3.02. The minimum Gasteiger partial charge on any atom is -0.379 e. The van der Waals surface area contributed by atoms with Crippen LogP contribution in [0.25, 0.3) is 0 Å². The van der Waals surface area contributed by atoms with Crippen molar-refractivity contribution in [2.45, 2.75) is 63.1 Å². The molecule has 1 saturated carbocycles. The van der Waals surface area contributed by atoms with Crippen molar-refractivity contribution in [1.82, 2.24) is 5.32 Å². The summed E-state index contributed by atoms with van der Waals surface area (Å²) in [7, 11) is 0. The number of carbonyl (C=O) groups excluding carboxylic acids is 1. The molecule has 1 heterocycles. The summed E-state index contributed by atoms with van der Waals surface area (Å²) in [6.07, 6.45) is 6.29. The van der Waals surface area contributed by atoms with Crippen molar-refractivity contribution in [2.24, 2.45) is 5.73 Å². The van der Waals surface area contributed by atoms with E-state index in [1.165, 1.54) is 0 Å². The first-order valence-corrected chi connectivity index (χ1v) is 7.37. The number of ether oxygens (including phenoxy) is 2. The van der Waals surface area contributed by atoms with Crippen molar-refractivity contribution in [3.63, 3.8) is 0 Å². The predicted octanol–water partition coefficient (Wildman–Crippen LogP) is 0.958. The summed E-state index contributed by atoms with van der Waals surface area (Å²) >= 11 is 0. The standard InChI is InChI=1S/C14H26N2O3/c1-14(13(15)17,16-11-4-5-11)7-2-3-8-19-12-6-9-18-10-12/h11-12,16H,2-10H2,1H3,(H2,15,17). The van der Waals surface area contributed by atoms with Crippen LogP contribution < -0.4 is 11.1 Å². The second kappa shape index (κ2) is 6.68. The number of hydrogen-bond acceptors (Lipinski definition) is 4. The van der Waals surface area contributed by atoms with E-state index in [1.54, 1.807) is 0 Å². The first-order chi connectivity index (χ1) is 9.10. The number of amides is 1. The van der Waals surface area contributed by atoms with E-state index in [1.807, 2.05) is 6.92 Å². The van der Waals surface area contributed by atoms with Crippen LogP contribution in [0.4, 0.5) is 0 Å². The molecular formula is C14H26N2O3. The molecule has 2 fully saturated rings. The number of nitrogens with one attached hydrogen (secondary N) is 1. The van der Waals surface area contributed by atoms with Gasteiger partial charge in [-0.15, -0.1) is 0 Å². The van der Waals surface area contributed by atoms with Crippen LogP contribution in [0.3, 0.4) is 0 Å². The molecule has 0 aromatic carbocycles. The zero-order valence-electron chi connectivity index (χ0n) is 11.8. The highest BCUT2D eigenvalue weighted by Gasteiger charge is 2.36. The van der Waals surface area contributed by atoms with Gasteiger partial charge < -0.3 is 20.5 Å². The summed E-state index contributed by atoms with van der Waals surface area (Å²) in [5.74, 6) is -0.246. The molecule has 1 saturated heterocycles. The van der Waals surface area contributed by atoms with Gasteiger partial charge in [-0.3, -0.25) is 4.79 Å². The van der Waals surface area contributed by atoms with Crippen molar-refractivity contribution in [1.29, 1.82) is 0 Å².